The van der Waals surface area contributed by atoms with Gasteiger partial charge < -0.3 is 20.1 Å². The molecule has 0 amide bonds. The summed E-state index contributed by atoms with van der Waals surface area (Å²) >= 11 is 0. The molecule has 1 aliphatic rings. The van der Waals surface area contributed by atoms with Gasteiger partial charge in [-0.2, -0.15) is 4.98 Å². The lowest BCUT2D eigenvalue weighted by molar-refractivity contribution is 0.174. The third kappa shape index (κ3) is 3.39. The lowest BCUT2D eigenvalue weighted by atomic mass is 10.1. The Bertz CT molecular complexity index is 972. The van der Waals surface area contributed by atoms with Gasteiger partial charge in [0, 0.05) is 29.2 Å². The Morgan fingerprint density at radius 2 is 1.69 bits per heavy atom. The van der Waals surface area contributed by atoms with Gasteiger partial charge in [-0.3, -0.25) is 0 Å². The monoisotopic (exact) mass is 348 g/mol. The number of hydrogen-bond donors (Lipinski definition) is 2. The summed E-state index contributed by atoms with van der Waals surface area (Å²) in [6, 6.07) is 13.9. The van der Waals surface area contributed by atoms with Crippen molar-refractivity contribution in [3.05, 3.63) is 59.3 Å². The molecule has 2 aromatic carbocycles. The summed E-state index contributed by atoms with van der Waals surface area (Å²) in [5.41, 5.74) is 5.15. The van der Waals surface area contributed by atoms with Crippen molar-refractivity contribution in [1.82, 2.24) is 9.97 Å². The average molecular weight is 348 g/mol. The second kappa shape index (κ2) is 6.55. The first-order valence-electron chi connectivity index (χ1n) is 8.43. The van der Waals surface area contributed by atoms with Crippen LogP contribution < -0.4 is 20.1 Å². The molecule has 0 atom stereocenters. The fourth-order valence-corrected chi connectivity index (χ4v) is 2.88. The van der Waals surface area contributed by atoms with E-state index in [1.165, 1.54) is 11.1 Å². The minimum atomic E-state index is 0.254. The van der Waals surface area contributed by atoms with Crippen molar-refractivity contribution >= 4 is 23.1 Å². The Morgan fingerprint density at radius 3 is 2.54 bits per heavy atom. The Morgan fingerprint density at radius 1 is 0.846 bits per heavy atom. The number of ether oxygens (including phenoxy) is 2. The molecule has 3 aromatic rings. The van der Waals surface area contributed by atoms with Crippen LogP contribution in [0.25, 0.3) is 0 Å². The average Bonchev–Trinajstić information content (AvgIpc) is 3.05. The minimum absolute atomic E-state index is 0.254. The van der Waals surface area contributed by atoms with Crippen LogP contribution in [0.4, 0.5) is 23.1 Å². The molecule has 6 nitrogen and oxygen atoms in total. The maximum Gasteiger partial charge on any atom is 0.231 e. The Balaban J connectivity index is 1.58. The summed E-state index contributed by atoms with van der Waals surface area (Å²) in [7, 11) is 0. The van der Waals surface area contributed by atoms with Gasteiger partial charge >= 0.3 is 0 Å². The number of aryl methyl sites for hydroxylation is 3. The van der Waals surface area contributed by atoms with E-state index in [2.05, 4.69) is 52.6 Å². The van der Waals surface area contributed by atoms with Crippen LogP contribution >= 0.6 is 0 Å². The quantitative estimate of drug-likeness (QED) is 0.717. The molecule has 4 rings (SSSR count). The molecule has 0 fully saturated rings. The summed E-state index contributed by atoms with van der Waals surface area (Å²) in [6.07, 6.45) is 0. The Labute approximate surface area is 152 Å². The second-order valence-corrected chi connectivity index (χ2v) is 6.35. The number of fused-ring (bicyclic) bond motifs is 1. The van der Waals surface area contributed by atoms with Gasteiger partial charge in [-0.05, 0) is 44.5 Å². The van der Waals surface area contributed by atoms with Crippen molar-refractivity contribution in [1.29, 1.82) is 0 Å². The largest absolute Gasteiger partial charge is 0.454 e. The normalized spacial score (nSPS) is 12.1. The van der Waals surface area contributed by atoms with Crippen LogP contribution in [-0.2, 0) is 0 Å². The highest BCUT2D eigenvalue weighted by Crippen LogP contribution is 2.35. The molecule has 6 heteroatoms. The zero-order chi connectivity index (χ0) is 18.1. The lowest BCUT2D eigenvalue weighted by Crippen LogP contribution is -2.03. The first-order chi connectivity index (χ1) is 12.6. The molecule has 1 aromatic heterocycles. The maximum absolute atomic E-state index is 5.41. The van der Waals surface area contributed by atoms with Crippen LogP contribution in [0.3, 0.4) is 0 Å². The van der Waals surface area contributed by atoms with Crippen molar-refractivity contribution in [2.45, 2.75) is 20.8 Å². The van der Waals surface area contributed by atoms with Gasteiger partial charge in [0.25, 0.3) is 0 Å². The topological polar surface area (TPSA) is 68.3 Å². The molecule has 2 N–H and O–H groups in total. The van der Waals surface area contributed by atoms with E-state index in [1.807, 2.05) is 31.2 Å². The van der Waals surface area contributed by atoms with Crippen molar-refractivity contribution in [2.75, 3.05) is 17.4 Å². The maximum atomic E-state index is 5.41. The summed E-state index contributed by atoms with van der Waals surface area (Å²) in [6.45, 7) is 6.36. The van der Waals surface area contributed by atoms with Crippen LogP contribution in [0.2, 0.25) is 0 Å². The zero-order valence-corrected chi connectivity index (χ0v) is 15.0. The second-order valence-electron chi connectivity index (χ2n) is 6.35. The summed E-state index contributed by atoms with van der Waals surface area (Å²) in [5.74, 6) is 2.73. The van der Waals surface area contributed by atoms with Crippen LogP contribution in [0, 0.1) is 20.8 Å². The van der Waals surface area contributed by atoms with Gasteiger partial charge in [-0.15, -0.1) is 0 Å². The molecule has 2 heterocycles. The molecule has 0 saturated carbocycles. The summed E-state index contributed by atoms with van der Waals surface area (Å²) in [4.78, 5) is 9.04. The first-order valence-corrected chi connectivity index (χ1v) is 8.43. The van der Waals surface area contributed by atoms with E-state index in [4.69, 9.17) is 9.47 Å². The van der Waals surface area contributed by atoms with Crippen molar-refractivity contribution < 1.29 is 9.47 Å². The van der Waals surface area contributed by atoms with E-state index in [1.54, 1.807) is 0 Å². The van der Waals surface area contributed by atoms with Crippen molar-refractivity contribution in [3.8, 4) is 11.5 Å². The molecule has 0 bridgehead atoms. The van der Waals surface area contributed by atoms with E-state index in [0.717, 1.165) is 34.4 Å². The number of aromatic nitrogens is 2. The third-order valence-electron chi connectivity index (χ3n) is 4.13. The predicted molar refractivity (Wildman–Crippen MR) is 102 cm³/mol. The number of nitrogens with zero attached hydrogens (tertiary/aromatic N) is 2. The van der Waals surface area contributed by atoms with Crippen LogP contribution in [-0.4, -0.2) is 16.8 Å². The highest BCUT2D eigenvalue weighted by atomic mass is 16.7. The summed E-state index contributed by atoms with van der Waals surface area (Å²) in [5, 5.41) is 6.60. The van der Waals surface area contributed by atoms with E-state index in [0.29, 0.717) is 5.95 Å². The SMILES string of the molecule is Cc1ccc(Nc2cc(C)nc(Nc3ccc4c(c3)OCO4)n2)c(C)c1. The smallest absolute Gasteiger partial charge is 0.231 e. The van der Waals surface area contributed by atoms with E-state index in [9.17, 15) is 0 Å². The standard InChI is InChI=1S/C20H20N4O2/c1-12-4-6-16(13(2)8-12)23-19-9-14(3)21-20(24-19)22-15-5-7-17-18(10-15)26-11-25-17/h4-10H,11H2,1-3H3,(H2,21,22,23,24). The highest BCUT2D eigenvalue weighted by molar-refractivity contribution is 5.64. The predicted octanol–water partition coefficient (Wildman–Crippen LogP) is 4.62. The van der Waals surface area contributed by atoms with Gasteiger partial charge in [0.15, 0.2) is 11.5 Å². The molecular weight excluding hydrogens is 328 g/mol. The highest BCUT2D eigenvalue weighted by Gasteiger charge is 2.14. The molecule has 0 unspecified atom stereocenters. The fourth-order valence-electron chi connectivity index (χ4n) is 2.88. The van der Waals surface area contributed by atoms with Crippen LogP contribution in [0.15, 0.2) is 42.5 Å². The first kappa shape index (κ1) is 16.2. The number of nitrogens with one attached hydrogen (secondary N) is 2. The number of rotatable bonds is 4. The molecule has 26 heavy (non-hydrogen) atoms. The lowest BCUT2D eigenvalue weighted by Gasteiger charge is -2.12. The summed E-state index contributed by atoms with van der Waals surface area (Å²) < 4.78 is 10.7. The van der Waals surface area contributed by atoms with Crippen LogP contribution in [0.5, 0.6) is 11.5 Å². The molecular formula is C20H20N4O2. The molecule has 0 spiro atoms. The van der Waals surface area contributed by atoms with E-state index in [-0.39, 0.29) is 6.79 Å². The number of anilines is 4. The number of benzene rings is 2. The van der Waals surface area contributed by atoms with Gasteiger partial charge in [0.2, 0.25) is 12.7 Å². The Kier molecular flexibility index (Phi) is 4.08. The van der Waals surface area contributed by atoms with Crippen molar-refractivity contribution in [2.24, 2.45) is 0 Å². The molecule has 0 radical (unpaired) electrons. The van der Waals surface area contributed by atoms with E-state index >= 15 is 0 Å². The third-order valence-corrected chi connectivity index (χ3v) is 4.13. The molecule has 1 aliphatic heterocycles. The zero-order valence-electron chi connectivity index (χ0n) is 15.0. The fraction of sp³-hybridized carbons (Fsp3) is 0.200. The van der Waals surface area contributed by atoms with Gasteiger partial charge in [0.05, 0.1) is 0 Å². The van der Waals surface area contributed by atoms with Gasteiger partial charge in [-0.25, -0.2) is 4.98 Å². The van der Waals surface area contributed by atoms with Crippen LogP contribution in [0.1, 0.15) is 16.8 Å². The van der Waals surface area contributed by atoms with Gasteiger partial charge in [-0.1, -0.05) is 17.7 Å². The number of hydrogen-bond acceptors (Lipinski definition) is 6. The van der Waals surface area contributed by atoms with Crippen molar-refractivity contribution in [3.63, 3.8) is 0 Å². The molecule has 0 aliphatic carbocycles. The minimum Gasteiger partial charge on any atom is -0.454 e. The molecule has 0 saturated heterocycles. The Hall–Kier alpha value is -3.28. The molecule has 132 valence electrons. The van der Waals surface area contributed by atoms with E-state index < -0.39 is 0 Å². The van der Waals surface area contributed by atoms with Gasteiger partial charge in [0.1, 0.15) is 5.82 Å².